The van der Waals surface area contributed by atoms with Gasteiger partial charge in [0.05, 0.1) is 7.11 Å². The molecule has 142 valence electrons. The molecule has 0 amide bonds. The summed E-state index contributed by atoms with van der Waals surface area (Å²) in [6.07, 6.45) is 3.48. The molecule has 0 radical (unpaired) electrons. The minimum Gasteiger partial charge on any atom is -0.497 e. The average molecular weight is 358 g/mol. The number of hydrogen-bond donors (Lipinski definition) is 0. The van der Waals surface area contributed by atoms with Gasteiger partial charge in [-0.15, -0.1) is 0 Å². The van der Waals surface area contributed by atoms with Crippen LogP contribution in [-0.4, -0.2) is 26.1 Å². The summed E-state index contributed by atoms with van der Waals surface area (Å²) in [6.45, 7) is 6.16. The van der Waals surface area contributed by atoms with Gasteiger partial charge in [0.1, 0.15) is 11.6 Å². The molecule has 0 aromatic heterocycles. The molecule has 0 spiro atoms. The molecule has 0 saturated heterocycles. The van der Waals surface area contributed by atoms with Gasteiger partial charge in [-0.05, 0) is 74.2 Å². The molecule has 1 fully saturated rings. The molecule has 2 nitrogen and oxygen atoms in total. The Morgan fingerprint density at radius 1 is 1.08 bits per heavy atom. The van der Waals surface area contributed by atoms with Crippen LogP contribution in [0, 0.1) is 11.7 Å². The van der Waals surface area contributed by atoms with Crippen LogP contribution < -0.4 is 4.74 Å². The van der Waals surface area contributed by atoms with E-state index in [0.29, 0.717) is 23.3 Å². The zero-order valence-corrected chi connectivity index (χ0v) is 17.0. The fourth-order valence-corrected chi connectivity index (χ4v) is 3.53. The van der Waals surface area contributed by atoms with Crippen LogP contribution in [0.25, 0.3) is 11.1 Å². The molecular weight excluding hydrogens is 325 g/mol. The third-order valence-electron chi connectivity index (χ3n) is 4.93. The van der Waals surface area contributed by atoms with Crippen molar-refractivity contribution in [1.82, 2.24) is 4.90 Å². The van der Waals surface area contributed by atoms with Gasteiger partial charge in [-0.1, -0.05) is 39.0 Å². The van der Waals surface area contributed by atoms with Gasteiger partial charge in [0.2, 0.25) is 0 Å². The van der Waals surface area contributed by atoms with E-state index in [4.69, 9.17) is 4.74 Å². The first-order valence-corrected chi connectivity index (χ1v) is 9.68. The average Bonchev–Trinajstić information content (AvgIpc) is 3.49. The lowest BCUT2D eigenvalue weighted by atomic mass is 9.89. The fraction of sp³-hybridized carbons (Fsp3) is 0.478. The van der Waals surface area contributed by atoms with E-state index in [2.05, 4.69) is 44.1 Å². The molecule has 2 aromatic carbocycles. The molecular formula is C23H32FNO. The number of methoxy groups -OCH3 is 1. The van der Waals surface area contributed by atoms with E-state index in [-0.39, 0.29) is 5.82 Å². The van der Waals surface area contributed by atoms with E-state index in [1.807, 2.05) is 13.8 Å². The highest BCUT2D eigenvalue weighted by Crippen LogP contribution is 2.47. The first-order chi connectivity index (χ1) is 12.5. The van der Waals surface area contributed by atoms with Gasteiger partial charge >= 0.3 is 0 Å². The highest BCUT2D eigenvalue weighted by Gasteiger charge is 2.35. The van der Waals surface area contributed by atoms with Crippen LogP contribution in [0.3, 0.4) is 0 Å². The van der Waals surface area contributed by atoms with E-state index in [1.165, 1.54) is 30.0 Å². The van der Waals surface area contributed by atoms with Crippen LogP contribution in [0.5, 0.6) is 5.75 Å². The molecule has 3 heteroatoms. The topological polar surface area (TPSA) is 12.5 Å². The minimum atomic E-state index is -0.199. The Morgan fingerprint density at radius 2 is 1.77 bits per heavy atom. The van der Waals surface area contributed by atoms with Crippen molar-refractivity contribution in [1.29, 1.82) is 0 Å². The maximum absolute atomic E-state index is 14.6. The summed E-state index contributed by atoms with van der Waals surface area (Å²) in [5.41, 5.74) is 4.13. The number of halogens is 1. The first-order valence-electron chi connectivity index (χ1n) is 9.68. The van der Waals surface area contributed by atoms with E-state index in [9.17, 15) is 4.39 Å². The van der Waals surface area contributed by atoms with Crippen molar-refractivity contribution in [2.24, 2.45) is 5.92 Å². The predicted octanol–water partition coefficient (Wildman–Crippen LogP) is 6.10. The molecule has 0 bridgehead atoms. The molecule has 0 heterocycles. The zero-order chi connectivity index (χ0) is 19.3. The fourth-order valence-electron chi connectivity index (χ4n) is 3.53. The zero-order valence-electron chi connectivity index (χ0n) is 17.0. The van der Waals surface area contributed by atoms with Crippen molar-refractivity contribution < 1.29 is 9.13 Å². The summed E-state index contributed by atoms with van der Waals surface area (Å²) in [6, 6.07) is 11.7. The van der Waals surface area contributed by atoms with Crippen molar-refractivity contribution in [3.05, 3.63) is 53.3 Å². The minimum absolute atomic E-state index is 0.199. The van der Waals surface area contributed by atoms with Gasteiger partial charge < -0.3 is 9.64 Å². The van der Waals surface area contributed by atoms with Crippen molar-refractivity contribution >= 4 is 0 Å². The Labute approximate surface area is 158 Å². The maximum atomic E-state index is 14.6. The van der Waals surface area contributed by atoms with E-state index in [0.717, 1.165) is 12.0 Å². The Hall–Kier alpha value is -1.87. The summed E-state index contributed by atoms with van der Waals surface area (Å²) in [5.74, 6) is 1.15. The maximum Gasteiger partial charge on any atom is 0.131 e. The normalized spacial score (nSPS) is 14.6. The van der Waals surface area contributed by atoms with Crippen molar-refractivity contribution in [2.75, 3.05) is 21.2 Å². The van der Waals surface area contributed by atoms with Crippen molar-refractivity contribution in [3.8, 4) is 16.9 Å². The van der Waals surface area contributed by atoms with Gasteiger partial charge in [0, 0.05) is 11.6 Å². The number of nitrogens with zero attached hydrogens (tertiary/aromatic N) is 1. The lowest BCUT2D eigenvalue weighted by molar-refractivity contribution is 0.270. The van der Waals surface area contributed by atoms with Gasteiger partial charge in [0.15, 0.2) is 0 Å². The van der Waals surface area contributed by atoms with Crippen LogP contribution in [0.1, 0.15) is 50.8 Å². The summed E-state index contributed by atoms with van der Waals surface area (Å²) in [5, 5.41) is 0. The third-order valence-corrected chi connectivity index (χ3v) is 4.93. The molecule has 1 saturated carbocycles. The number of ether oxygens (including phenoxy) is 1. The second-order valence-corrected chi connectivity index (χ2v) is 6.87. The van der Waals surface area contributed by atoms with Crippen molar-refractivity contribution in [2.45, 2.75) is 46.1 Å². The second kappa shape index (κ2) is 9.18. The Kier molecular flexibility index (Phi) is 7.22. The van der Waals surface area contributed by atoms with E-state index >= 15 is 0 Å². The second-order valence-electron chi connectivity index (χ2n) is 6.87. The van der Waals surface area contributed by atoms with Crippen LogP contribution in [0.4, 0.5) is 4.39 Å². The predicted molar refractivity (Wildman–Crippen MR) is 108 cm³/mol. The van der Waals surface area contributed by atoms with Gasteiger partial charge in [-0.2, -0.15) is 0 Å². The Bertz CT molecular complexity index is 720. The van der Waals surface area contributed by atoms with Gasteiger partial charge in [-0.25, -0.2) is 4.39 Å². The number of benzene rings is 2. The Balaban J connectivity index is 0.00000117. The van der Waals surface area contributed by atoms with Gasteiger partial charge in [0.25, 0.3) is 0 Å². The quantitative estimate of drug-likeness (QED) is 0.619. The van der Waals surface area contributed by atoms with Crippen LogP contribution in [0.2, 0.25) is 0 Å². The number of aryl methyl sites for hydroxylation is 1. The van der Waals surface area contributed by atoms with E-state index in [1.54, 1.807) is 19.2 Å². The monoisotopic (exact) mass is 357 g/mol. The summed E-state index contributed by atoms with van der Waals surface area (Å²) in [7, 11) is 5.85. The lowest BCUT2D eigenvalue weighted by Crippen LogP contribution is -2.22. The summed E-state index contributed by atoms with van der Waals surface area (Å²) in [4.78, 5) is 2.27. The standard InChI is InChI=1S/C21H26FNO.C2H6/c1-5-14-6-10-17(18-13-16(24-4)9-11-20(18)22)19(12-14)21(23(2)3)15-7-8-15;1-2/h6,9-13,15,21H,5,7-8H2,1-4H3;1-2H3. The molecule has 0 N–H and O–H groups in total. The highest BCUT2D eigenvalue weighted by atomic mass is 19.1. The van der Waals surface area contributed by atoms with E-state index < -0.39 is 0 Å². The molecule has 1 aliphatic rings. The lowest BCUT2D eigenvalue weighted by Gasteiger charge is -2.28. The SMILES string of the molecule is CC.CCc1ccc(-c2cc(OC)ccc2F)c(C(C2CC2)N(C)C)c1. The van der Waals surface area contributed by atoms with Crippen LogP contribution >= 0.6 is 0 Å². The molecule has 1 unspecified atom stereocenters. The molecule has 2 aromatic rings. The van der Waals surface area contributed by atoms with Crippen molar-refractivity contribution in [3.63, 3.8) is 0 Å². The van der Waals surface area contributed by atoms with Crippen LogP contribution in [-0.2, 0) is 6.42 Å². The third kappa shape index (κ3) is 4.45. The number of hydrogen-bond acceptors (Lipinski definition) is 2. The molecule has 0 aliphatic heterocycles. The van der Waals surface area contributed by atoms with Crippen LogP contribution in [0.15, 0.2) is 36.4 Å². The molecule has 1 atom stereocenters. The first kappa shape index (κ1) is 20.4. The summed E-state index contributed by atoms with van der Waals surface area (Å²) >= 11 is 0. The smallest absolute Gasteiger partial charge is 0.131 e. The molecule has 3 rings (SSSR count). The van der Waals surface area contributed by atoms with Gasteiger partial charge in [-0.3, -0.25) is 0 Å². The highest BCUT2D eigenvalue weighted by molar-refractivity contribution is 5.70. The molecule has 26 heavy (non-hydrogen) atoms. The number of rotatable bonds is 6. The summed E-state index contributed by atoms with van der Waals surface area (Å²) < 4.78 is 19.9. The largest absolute Gasteiger partial charge is 0.497 e. The molecule has 1 aliphatic carbocycles. The Morgan fingerprint density at radius 3 is 2.31 bits per heavy atom.